The first-order valence-corrected chi connectivity index (χ1v) is 5.76. The first-order valence-electron chi connectivity index (χ1n) is 5.76. The van der Waals surface area contributed by atoms with Crippen LogP contribution in [0.25, 0.3) is 0 Å². The second kappa shape index (κ2) is 4.33. The molecule has 1 aromatic carbocycles. The summed E-state index contributed by atoms with van der Waals surface area (Å²) in [5, 5.41) is 10.4. The molecule has 0 spiro atoms. The summed E-state index contributed by atoms with van der Waals surface area (Å²) in [6.45, 7) is 0. The summed E-state index contributed by atoms with van der Waals surface area (Å²) in [6.07, 6.45) is -3.48. The van der Waals surface area contributed by atoms with Crippen LogP contribution in [0.4, 0.5) is 13.2 Å². The molecule has 1 aliphatic rings. The van der Waals surface area contributed by atoms with Gasteiger partial charge in [0.2, 0.25) is 0 Å². The Morgan fingerprint density at radius 3 is 2.41 bits per heavy atom. The van der Waals surface area contributed by atoms with Crippen molar-refractivity contribution in [1.82, 2.24) is 0 Å². The van der Waals surface area contributed by atoms with Crippen LogP contribution in [0.1, 0.15) is 31.2 Å². The lowest BCUT2D eigenvalue weighted by Gasteiger charge is -2.38. The van der Waals surface area contributed by atoms with Crippen LogP contribution in [0.2, 0.25) is 0 Å². The third-order valence-corrected chi connectivity index (χ3v) is 3.50. The zero-order valence-electron chi connectivity index (χ0n) is 9.37. The van der Waals surface area contributed by atoms with Gasteiger partial charge in [0.05, 0.1) is 11.5 Å². The van der Waals surface area contributed by atoms with Crippen molar-refractivity contribution in [3.05, 3.63) is 35.9 Å². The Bertz CT molecular complexity index is 374. The summed E-state index contributed by atoms with van der Waals surface area (Å²) in [6, 6.07) is 8.66. The van der Waals surface area contributed by atoms with Crippen molar-refractivity contribution in [2.24, 2.45) is 5.92 Å². The average molecular weight is 244 g/mol. The molecular weight excluding hydrogens is 229 g/mol. The molecule has 0 aliphatic heterocycles. The SMILES string of the molecule is OC1(c2ccccc2)CCCC(C(F)(F)F)C1. The molecule has 0 saturated heterocycles. The zero-order valence-corrected chi connectivity index (χ0v) is 9.37. The Morgan fingerprint density at radius 2 is 1.82 bits per heavy atom. The number of halogens is 3. The molecule has 2 atom stereocenters. The highest BCUT2D eigenvalue weighted by Crippen LogP contribution is 2.45. The molecule has 1 nitrogen and oxygen atoms in total. The molecule has 94 valence electrons. The first-order chi connectivity index (χ1) is 7.92. The van der Waals surface area contributed by atoms with Crippen molar-refractivity contribution in [2.75, 3.05) is 0 Å². The van der Waals surface area contributed by atoms with Crippen LogP contribution in [0.3, 0.4) is 0 Å². The summed E-state index contributed by atoms with van der Waals surface area (Å²) in [4.78, 5) is 0. The highest BCUT2D eigenvalue weighted by molar-refractivity contribution is 5.23. The fourth-order valence-electron chi connectivity index (χ4n) is 2.54. The van der Waals surface area contributed by atoms with E-state index in [4.69, 9.17) is 0 Å². The monoisotopic (exact) mass is 244 g/mol. The Kier molecular flexibility index (Phi) is 3.17. The highest BCUT2D eigenvalue weighted by Gasteiger charge is 2.47. The molecule has 0 radical (unpaired) electrons. The number of benzene rings is 1. The molecule has 0 amide bonds. The molecule has 0 aromatic heterocycles. The topological polar surface area (TPSA) is 20.2 Å². The van der Waals surface area contributed by atoms with Crippen molar-refractivity contribution >= 4 is 0 Å². The maximum absolute atomic E-state index is 12.7. The Hall–Kier alpha value is -1.03. The molecule has 1 fully saturated rings. The molecule has 2 rings (SSSR count). The van der Waals surface area contributed by atoms with Gasteiger partial charge in [0.1, 0.15) is 0 Å². The van der Waals surface area contributed by atoms with Crippen LogP contribution >= 0.6 is 0 Å². The van der Waals surface area contributed by atoms with Gasteiger partial charge in [-0.2, -0.15) is 13.2 Å². The van der Waals surface area contributed by atoms with Gasteiger partial charge < -0.3 is 5.11 Å². The normalized spacial score (nSPS) is 30.2. The number of rotatable bonds is 1. The maximum Gasteiger partial charge on any atom is 0.391 e. The lowest BCUT2D eigenvalue weighted by molar-refractivity contribution is -0.201. The summed E-state index contributed by atoms with van der Waals surface area (Å²) in [5.74, 6) is -1.39. The number of alkyl halides is 3. The van der Waals surface area contributed by atoms with Gasteiger partial charge >= 0.3 is 6.18 Å². The van der Waals surface area contributed by atoms with E-state index in [0.29, 0.717) is 18.4 Å². The van der Waals surface area contributed by atoms with Crippen molar-refractivity contribution < 1.29 is 18.3 Å². The number of hydrogen-bond donors (Lipinski definition) is 1. The van der Waals surface area contributed by atoms with Gasteiger partial charge in [-0.05, 0) is 31.2 Å². The van der Waals surface area contributed by atoms with E-state index in [1.807, 2.05) is 0 Å². The maximum atomic E-state index is 12.7. The zero-order chi connectivity index (χ0) is 12.5. The molecule has 0 bridgehead atoms. The van der Waals surface area contributed by atoms with Crippen LogP contribution in [-0.2, 0) is 5.60 Å². The summed E-state index contributed by atoms with van der Waals surface area (Å²) >= 11 is 0. The Morgan fingerprint density at radius 1 is 1.18 bits per heavy atom. The van der Waals surface area contributed by atoms with Crippen LogP contribution in [0, 0.1) is 5.92 Å². The van der Waals surface area contributed by atoms with Gasteiger partial charge in [-0.1, -0.05) is 30.3 Å². The molecule has 0 heterocycles. The minimum atomic E-state index is -4.21. The number of aliphatic hydroxyl groups is 1. The molecular formula is C13H15F3O. The van der Waals surface area contributed by atoms with E-state index in [2.05, 4.69) is 0 Å². The van der Waals surface area contributed by atoms with Gasteiger partial charge in [-0.25, -0.2) is 0 Å². The average Bonchev–Trinajstić information content (AvgIpc) is 2.29. The summed E-state index contributed by atoms with van der Waals surface area (Å²) in [7, 11) is 0. The second-order valence-corrected chi connectivity index (χ2v) is 4.73. The van der Waals surface area contributed by atoms with Crippen LogP contribution < -0.4 is 0 Å². The lowest BCUT2D eigenvalue weighted by atomic mass is 9.74. The fraction of sp³-hybridized carbons (Fsp3) is 0.538. The Labute approximate surface area is 98.3 Å². The van der Waals surface area contributed by atoms with Crippen molar-refractivity contribution in [1.29, 1.82) is 0 Å². The lowest BCUT2D eigenvalue weighted by Crippen LogP contribution is -2.38. The quantitative estimate of drug-likeness (QED) is 0.799. The van der Waals surface area contributed by atoms with E-state index < -0.39 is 17.7 Å². The first kappa shape index (κ1) is 12.4. The largest absolute Gasteiger partial charge is 0.391 e. The fourth-order valence-corrected chi connectivity index (χ4v) is 2.54. The van der Waals surface area contributed by atoms with Gasteiger partial charge in [0.25, 0.3) is 0 Å². The van der Waals surface area contributed by atoms with Crippen LogP contribution in [-0.4, -0.2) is 11.3 Å². The predicted molar refractivity (Wildman–Crippen MR) is 58.4 cm³/mol. The van der Waals surface area contributed by atoms with E-state index in [1.54, 1.807) is 30.3 Å². The standard InChI is InChI=1S/C13H15F3O/c14-13(15,16)11-7-4-8-12(17,9-11)10-5-2-1-3-6-10/h1-3,5-6,11,17H,4,7-9H2. The molecule has 4 heteroatoms. The van der Waals surface area contributed by atoms with E-state index in [1.165, 1.54) is 0 Å². The summed E-state index contributed by atoms with van der Waals surface area (Å²) in [5.41, 5.74) is -0.728. The van der Waals surface area contributed by atoms with E-state index in [-0.39, 0.29) is 12.8 Å². The van der Waals surface area contributed by atoms with Crippen LogP contribution in [0.15, 0.2) is 30.3 Å². The van der Waals surface area contributed by atoms with Gasteiger partial charge in [0, 0.05) is 0 Å². The van der Waals surface area contributed by atoms with Gasteiger partial charge in [-0.3, -0.25) is 0 Å². The molecule has 1 saturated carbocycles. The third-order valence-electron chi connectivity index (χ3n) is 3.50. The van der Waals surface area contributed by atoms with Crippen molar-refractivity contribution in [3.8, 4) is 0 Å². The van der Waals surface area contributed by atoms with E-state index >= 15 is 0 Å². The molecule has 2 unspecified atom stereocenters. The summed E-state index contributed by atoms with van der Waals surface area (Å²) < 4.78 is 38.1. The molecule has 1 aliphatic carbocycles. The minimum Gasteiger partial charge on any atom is -0.385 e. The smallest absolute Gasteiger partial charge is 0.385 e. The number of hydrogen-bond acceptors (Lipinski definition) is 1. The van der Waals surface area contributed by atoms with Crippen LogP contribution in [0.5, 0.6) is 0 Å². The van der Waals surface area contributed by atoms with Gasteiger partial charge in [-0.15, -0.1) is 0 Å². The van der Waals surface area contributed by atoms with E-state index in [0.717, 1.165) is 0 Å². The molecule has 1 N–H and O–H groups in total. The minimum absolute atomic E-state index is 0.124. The predicted octanol–water partition coefficient (Wildman–Crippen LogP) is 3.63. The third kappa shape index (κ3) is 2.63. The second-order valence-electron chi connectivity index (χ2n) is 4.73. The van der Waals surface area contributed by atoms with E-state index in [9.17, 15) is 18.3 Å². The Balaban J connectivity index is 2.21. The van der Waals surface area contributed by atoms with Crippen molar-refractivity contribution in [2.45, 2.75) is 37.5 Å². The molecule has 17 heavy (non-hydrogen) atoms. The van der Waals surface area contributed by atoms with Crippen molar-refractivity contribution in [3.63, 3.8) is 0 Å². The van der Waals surface area contributed by atoms with Gasteiger partial charge in [0.15, 0.2) is 0 Å². The highest BCUT2D eigenvalue weighted by atomic mass is 19.4. The molecule has 1 aromatic rings.